The van der Waals surface area contributed by atoms with E-state index in [0.717, 1.165) is 16.8 Å². The standard InChI is InChI=1S/C16H12ClFN2O/c17-14-5-4-11(6-15(14)18)8-20-13-3-1-2-12(7-13)16-9-19-10-21-16/h1-7,9-10,20H,8H2. The van der Waals surface area contributed by atoms with Crippen molar-refractivity contribution in [2.75, 3.05) is 5.32 Å². The van der Waals surface area contributed by atoms with Crippen molar-refractivity contribution in [2.24, 2.45) is 0 Å². The molecule has 0 unspecified atom stereocenters. The fourth-order valence-corrected chi connectivity index (χ4v) is 2.11. The van der Waals surface area contributed by atoms with Crippen LogP contribution in [0.3, 0.4) is 0 Å². The Morgan fingerprint density at radius 1 is 1.19 bits per heavy atom. The Hall–Kier alpha value is -2.33. The molecule has 1 heterocycles. The average Bonchev–Trinajstić information content (AvgIpc) is 3.03. The molecule has 3 nitrogen and oxygen atoms in total. The lowest BCUT2D eigenvalue weighted by atomic mass is 10.1. The minimum Gasteiger partial charge on any atom is -0.444 e. The number of benzene rings is 2. The SMILES string of the molecule is Fc1cc(CNc2cccc(-c3cnco3)c2)ccc1Cl. The van der Waals surface area contributed by atoms with Crippen molar-refractivity contribution in [3.8, 4) is 11.3 Å². The normalized spacial score (nSPS) is 10.6. The fraction of sp³-hybridized carbons (Fsp3) is 0.0625. The van der Waals surface area contributed by atoms with Gasteiger partial charge in [0, 0.05) is 17.8 Å². The highest BCUT2D eigenvalue weighted by atomic mass is 35.5. The van der Waals surface area contributed by atoms with Crippen LogP contribution in [0.4, 0.5) is 10.1 Å². The second-order valence-corrected chi connectivity index (χ2v) is 4.96. The summed E-state index contributed by atoms with van der Waals surface area (Å²) in [5.41, 5.74) is 2.67. The first-order valence-electron chi connectivity index (χ1n) is 6.39. The molecule has 3 aromatic rings. The summed E-state index contributed by atoms with van der Waals surface area (Å²) >= 11 is 5.66. The molecule has 0 fully saturated rings. The number of aromatic nitrogens is 1. The molecule has 2 aromatic carbocycles. The molecule has 0 atom stereocenters. The molecular formula is C16H12ClFN2O. The van der Waals surface area contributed by atoms with Crippen molar-refractivity contribution in [3.05, 3.63) is 71.5 Å². The van der Waals surface area contributed by atoms with Gasteiger partial charge in [-0.15, -0.1) is 0 Å². The van der Waals surface area contributed by atoms with E-state index in [1.54, 1.807) is 18.3 Å². The number of anilines is 1. The van der Waals surface area contributed by atoms with E-state index in [1.165, 1.54) is 12.5 Å². The third-order valence-corrected chi connectivity index (χ3v) is 3.37. The van der Waals surface area contributed by atoms with Crippen LogP contribution in [0.25, 0.3) is 11.3 Å². The summed E-state index contributed by atoms with van der Waals surface area (Å²) in [6.45, 7) is 0.508. The first-order chi connectivity index (χ1) is 10.2. The zero-order chi connectivity index (χ0) is 14.7. The first-order valence-corrected chi connectivity index (χ1v) is 6.77. The van der Waals surface area contributed by atoms with Gasteiger partial charge in [0.05, 0.1) is 11.2 Å². The van der Waals surface area contributed by atoms with Gasteiger partial charge in [0.1, 0.15) is 5.82 Å². The van der Waals surface area contributed by atoms with E-state index in [4.69, 9.17) is 16.0 Å². The van der Waals surface area contributed by atoms with Crippen LogP contribution in [0, 0.1) is 5.82 Å². The van der Waals surface area contributed by atoms with Gasteiger partial charge in [0.2, 0.25) is 0 Å². The van der Waals surface area contributed by atoms with Crippen LogP contribution in [0.5, 0.6) is 0 Å². The van der Waals surface area contributed by atoms with Crippen molar-refractivity contribution in [1.82, 2.24) is 4.98 Å². The Kier molecular flexibility index (Phi) is 3.88. The summed E-state index contributed by atoms with van der Waals surface area (Å²) in [5, 5.41) is 3.37. The first kappa shape index (κ1) is 13.6. The van der Waals surface area contributed by atoms with Gasteiger partial charge in [0.25, 0.3) is 0 Å². The molecule has 0 spiro atoms. The van der Waals surface area contributed by atoms with E-state index in [1.807, 2.05) is 24.3 Å². The fourth-order valence-electron chi connectivity index (χ4n) is 1.99. The van der Waals surface area contributed by atoms with E-state index in [-0.39, 0.29) is 5.02 Å². The van der Waals surface area contributed by atoms with Crippen molar-refractivity contribution in [2.45, 2.75) is 6.54 Å². The zero-order valence-corrected chi connectivity index (χ0v) is 11.8. The molecule has 5 heteroatoms. The number of oxazole rings is 1. The lowest BCUT2D eigenvalue weighted by Crippen LogP contribution is -1.99. The number of hydrogen-bond acceptors (Lipinski definition) is 3. The van der Waals surface area contributed by atoms with E-state index >= 15 is 0 Å². The number of nitrogens with one attached hydrogen (secondary N) is 1. The third-order valence-electron chi connectivity index (χ3n) is 3.06. The lowest BCUT2D eigenvalue weighted by Gasteiger charge is -2.08. The predicted molar refractivity (Wildman–Crippen MR) is 80.7 cm³/mol. The number of hydrogen-bond donors (Lipinski definition) is 1. The Labute approximate surface area is 126 Å². The highest BCUT2D eigenvalue weighted by Gasteiger charge is 2.04. The molecule has 0 aliphatic carbocycles. The zero-order valence-electron chi connectivity index (χ0n) is 11.0. The van der Waals surface area contributed by atoms with Gasteiger partial charge in [0.15, 0.2) is 12.2 Å². The van der Waals surface area contributed by atoms with E-state index < -0.39 is 5.82 Å². The lowest BCUT2D eigenvalue weighted by molar-refractivity contribution is 0.572. The van der Waals surface area contributed by atoms with Gasteiger partial charge in [-0.05, 0) is 29.8 Å². The van der Waals surface area contributed by atoms with Crippen molar-refractivity contribution in [1.29, 1.82) is 0 Å². The molecule has 0 aliphatic heterocycles. The topological polar surface area (TPSA) is 38.1 Å². The Morgan fingerprint density at radius 3 is 2.86 bits per heavy atom. The summed E-state index contributed by atoms with van der Waals surface area (Å²) in [6.07, 6.45) is 3.06. The number of halogens is 2. The number of nitrogens with zero attached hydrogens (tertiary/aromatic N) is 1. The largest absolute Gasteiger partial charge is 0.444 e. The second-order valence-electron chi connectivity index (χ2n) is 4.55. The third kappa shape index (κ3) is 3.23. The second kappa shape index (κ2) is 5.97. The maximum atomic E-state index is 13.4. The molecule has 0 radical (unpaired) electrons. The van der Waals surface area contributed by atoms with E-state index in [2.05, 4.69) is 10.3 Å². The maximum Gasteiger partial charge on any atom is 0.181 e. The van der Waals surface area contributed by atoms with Gasteiger partial charge in [-0.2, -0.15) is 0 Å². The van der Waals surface area contributed by atoms with Crippen LogP contribution in [0.15, 0.2) is 59.5 Å². The van der Waals surface area contributed by atoms with Gasteiger partial charge in [-0.25, -0.2) is 9.37 Å². The van der Waals surface area contributed by atoms with Gasteiger partial charge >= 0.3 is 0 Å². The minimum absolute atomic E-state index is 0.131. The monoisotopic (exact) mass is 302 g/mol. The van der Waals surface area contributed by atoms with Crippen LogP contribution in [-0.4, -0.2) is 4.98 Å². The summed E-state index contributed by atoms with van der Waals surface area (Å²) in [7, 11) is 0. The van der Waals surface area contributed by atoms with Crippen LogP contribution in [0.1, 0.15) is 5.56 Å². The summed E-state index contributed by atoms with van der Waals surface area (Å²) < 4.78 is 18.6. The van der Waals surface area contributed by atoms with E-state index in [0.29, 0.717) is 12.3 Å². The molecule has 0 aliphatic rings. The maximum absolute atomic E-state index is 13.4. The summed E-state index contributed by atoms with van der Waals surface area (Å²) in [4.78, 5) is 3.90. The molecule has 1 N–H and O–H groups in total. The van der Waals surface area contributed by atoms with Crippen LogP contribution >= 0.6 is 11.6 Å². The average molecular weight is 303 g/mol. The highest BCUT2D eigenvalue weighted by molar-refractivity contribution is 6.30. The van der Waals surface area contributed by atoms with Crippen molar-refractivity contribution >= 4 is 17.3 Å². The molecule has 1 aromatic heterocycles. The summed E-state index contributed by atoms with van der Waals surface area (Å²) in [6, 6.07) is 12.5. The quantitative estimate of drug-likeness (QED) is 0.756. The molecule has 0 saturated carbocycles. The molecule has 0 amide bonds. The number of rotatable bonds is 4. The molecule has 3 rings (SSSR count). The highest BCUT2D eigenvalue weighted by Crippen LogP contribution is 2.23. The predicted octanol–water partition coefficient (Wildman–Crippen LogP) is 4.75. The Balaban J connectivity index is 1.73. The van der Waals surface area contributed by atoms with Crippen LogP contribution < -0.4 is 5.32 Å². The molecule has 0 bridgehead atoms. The van der Waals surface area contributed by atoms with Crippen molar-refractivity contribution in [3.63, 3.8) is 0 Å². The van der Waals surface area contributed by atoms with Crippen molar-refractivity contribution < 1.29 is 8.81 Å². The van der Waals surface area contributed by atoms with E-state index in [9.17, 15) is 4.39 Å². The Morgan fingerprint density at radius 2 is 2.10 bits per heavy atom. The van der Waals surface area contributed by atoms with Crippen LogP contribution in [-0.2, 0) is 6.54 Å². The minimum atomic E-state index is -0.411. The molecule has 106 valence electrons. The molecule has 21 heavy (non-hydrogen) atoms. The molecular weight excluding hydrogens is 291 g/mol. The van der Waals surface area contributed by atoms with Crippen LogP contribution in [0.2, 0.25) is 5.02 Å². The van der Waals surface area contributed by atoms with Gasteiger partial charge < -0.3 is 9.73 Å². The Bertz CT molecular complexity index is 744. The molecule has 0 saturated heterocycles. The van der Waals surface area contributed by atoms with Gasteiger partial charge in [-0.1, -0.05) is 29.8 Å². The summed E-state index contributed by atoms with van der Waals surface area (Å²) in [5.74, 6) is 0.294. The smallest absolute Gasteiger partial charge is 0.181 e. The van der Waals surface area contributed by atoms with Gasteiger partial charge in [-0.3, -0.25) is 0 Å².